The summed E-state index contributed by atoms with van der Waals surface area (Å²) in [6.45, 7) is 9.77. The monoisotopic (exact) mass is 264 g/mol. The van der Waals surface area contributed by atoms with Gasteiger partial charge in [-0.05, 0) is 13.8 Å². The molecule has 1 aliphatic rings. The molecule has 102 valence electrons. The topological polar surface area (TPSA) is 49.5 Å². The van der Waals surface area contributed by atoms with E-state index in [1.807, 2.05) is 20.8 Å². The molecule has 1 unspecified atom stereocenters. The number of epoxide rings is 1. The predicted octanol–water partition coefficient (Wildman–Crippen LogP) is 1.45. The molecule has 1 aliphatic heterocycles. The summed E-state index contributed by atoms with van der Waals surface area (Å²) in [6.07, 6.45) is 0.307. The van der Waals surface area contributed by atoms with E-state index in [1.54, 1.807) is 0 Å². The lowest BCUT2D eigenvalue weighted by atomic mass is 10.5. The van der Waals surface area contributed by atoms with E-state index in [-0.39, 0.29) is 0 Å². The molecule has 17 heavy (non-hydrogen) atoms. The Hall–Kier alpha value is 0.0169. The lowest BCUT2D eigenvalue weighted by Gasteiger charge is -2.27. The average Bonchev–Trinajstić information content (AvgIpc) is 3.13. The van der Waals surface area contributed by atoms with Gasteiger partial charge in [-0.15, -0.1) is 0 Å². The van der Waals surface area contributed by atoms with E-state index in [2.05, 4.69) is 0 Å². The van der Waals surface area contributed by atoms with Crippen molar-refractivity contribution in [1.29, 1.82) is 0 Å². The maximum absolute atomic E-state index is 5.79. The summed E-state index contributed by atoms with van der Waals surface area (Å²) < 4.78 is 27.6. The minimum atomic E-state index is -2.44. The van der Waals surface area contributed by atoms with Crippen LogP contribution < -0.4 is 0 Å². The van der Waals surface area contributed by atoms with Gasteiger partial charge < -0.3 is 22.8 Å². The van der Waals surface area contributed by atoms with Gasteiger partial charge in [0.15, 0.2) is 0 Å². The SMILES string of the molecule is CCO[Si](CC)(OCC)OCCOCC1CO1. The van der Waals surface area contributed by atoms with Crippen LogP contribution in [0.3, 0.4) is 0 Å². The molecule has 1 atom stereocenters. The quantitative estimate of drug-likeness (QED) is 0.321. The summed E-state index contributed by atoms with van der Waals surface area (Å²) in [7, 11) is -2.44. The Morgan fingerprint density at radius 1 is 1.06 bits per heavy atom. The highest BCUT2D eigenvalue weighted by Gasteiger charge is 2.38. The first-order chi connectivity index (χ1) is 8.26. The molecule has 0 saturated carbocycles. The van der Waals surface area contributed by atoms with Crippen LogP contribution in [0.25, 0.3) is 0 Å². The van der Waals surface area contributed by atoms with Crippen molar-refractivity contribution in [3.8, 4) is 0 Å². The number of rotatable bonds is 11. The number of hydrogen-bond donors (Lipinski definition) is 0. The summed E-state index contributed by atoms with van der Waals surface area (Å²) in [6, 6.07) is 0.792. The highest BCUT2D eigenvalue weighted by molar-refractivity contribution is 6.60. The van der Waals surface area contributed by atoms with Crippen LogP contribution >= 0.6 is 0 Å². The van der Waals surface area contributed by atoms with Gasteiger partial charge in [0.1, 0.15) is 6.10 Å². The zero-order valence-corrected chi connectivity index (χ0v) is 12.1. The second-order valence-corrected chi connectivity index (χ2v) is 6.72. The summed E-state index contributed by atoms with van der Waals surface area (Å²) >= 11 is 0. The van der Waals surface area contributed by atoms with Crippen LogP contribution in [0.15, 0.2) is 0 Å². The predicted molar refractivity (Wildman–Crippen MR) is 66.0 cm³/mol. The molecular weight excluding hydrogens is 240 g/mol. The van der Waals surface area contributed by atoms with E-state index in [0.29, 0.717) is 39.1 Å². The number of hydrogen-bond acceptors (Lipinski definition) is 5. The van der Waals surface area contributed by atoms with Crippen LogP contribution in [0, 0.1) is 0 Å². The zero-order chi connectivity index (χ0) is 12.6. The van der Waals surface area contributed by atoms with Crippen molar-refractivity contribution in [1.82, 2.24) is 0 Å². The molecule has 6 heteroatoms. The first kappa shape index (κ1) is 15.1. The van der Waals surface area contributed by atoms with E-state index < -0.39 is 8.80 Å². The van der Waals surface area contributed by atoms with E-state index in [4.69, 9.17) is 22.8 Å². The second-order valence-electron chi connectivity index (χ2n) is 3.78. The molecule has 0 aromatic heterocycles. The lowest BCUT2D eigenvalue weighted by molar-refractivity contribution is 0.0315. The average molecular weight is 264 g/mol. The fourth-order valence-electron chi connectivity index (χ4n) is 1.51. The van der Waals surface area contributed by atoms with Gasteiger partial charge in [0.25, 0.3) is 0 Å². The van der Waals surface area contributed by atoms with Crippen LogP contribution in [0.5, 0.6) is 0 Å². The summed E-state index contributed by atoms with van der Waals surface area (Å²) in [5.41, 5.74) is 0. The Kier molecular flexibility index (Phi) is 7.25. The molecule has 0 bridgehead atoms. The second kappa shape index (κ2) is 8.18. The van der Waals surface area contributed by atoms with E-state index in [9.17, 15) is 0 Å². The van der Waals surface area contributed by atoms with Crippen LogP contribution in [-0.2, 0) is 22.8 Å². The van der Waals surface area contributed by atoms with Crippen LogP contribution in [-0.4, -0.2) is 54.5 Å². The molecule has 1 rings (SSSR count). The van der Waals surface area contributed by atoms with Crippen molar-refractivity contribution in [3.05, 3.63) is 0 Å². The molecule has 5 nitrogen and oxygen atoms in total. The highest BCUT2D eigenvalue weighted by atomic mass is 28.4. The summed E-state index contributed by atoms with van der Waals surface area (Å²) in [4.78, 5) is 0. The van der Waals surface area contributed by atoms with Gasteiger partial charge in [-0.25, -0.2) is 0 Å². The highest BCUT2D eigenvalue weighted by Crippen LogP contribution is 2.15. The molecule has 0 spiro atoms. The molecule has 0 N–H and O–H groups in total. The van der Waals surface area contributed by atoms with Crippen LogP contribution in [0.4, 0.5) is 0 Å². The third-order valence-corrected chi connectivity index (χ3v) is 5.38. The lowest BCUT2D eigenvalue weighted by Crippen LogP contribution is -2.46. The molecule has 0 amide bonds. The largest absolute Gasteiger partial charge is 0.500 e. The van der Waals surface area contributed by atoms with E-state index >= 15 is 0 Å². The maximum atomic E-state index is 5.79. The molecule has 0 aromatic carbocycles. The third kappa shape index (κ3) is 5.94. The van der Waals surface area contributed by atoms with Crippen molar-refractivity contribution in [2.24, 2.45) is 0 Å². The molecule has 1 saturated heterocycles. The third-order valence-electron chi connectivity index (χ3n) is 2.42. The maximum Gasteiger partial charge on any atom is 0.500 e. The Labute approximate surface area is 105 Å². The van der Waals surface area contributed by atoms with Gasteiger partial charge in [-0.3, -0.25) is 0 Å². The minimum Gasteiger partial charge on any atom is -0.376 e. The van der Waals surface area contributed by atoms with Gasteiger partial charge in [0.2, 0.25) is 0 Å². The van der Waals surface area contributed by atoms with Crippen molar-refractivity contribution < 1.29 is 22.8 Å². The fourth-order valence-corrected chi connectivity index (χ4v) is 3.64. The first-order valence-corrected chi connectivity index (χ1v) is 8.30. The molecule has 0 radical (unpaired) electrons. The van der Waals surface area contributed by atoms with Crippen molar-refractivity contribution in [2.45, 2.75) is 32.9 Å². The Balaban J connectivity index is 2.16. The van der Waals surface area contributed by atoms with Gasteiger partial charge in [-0.2, -0.15) is 0 Å². The van der Waals surface area contributed by atoms with Crippen molar-refractivity contribution in [2.75, 3.05) is 39.6 Å². The minimum absolute atomic E-state index is 0.307. The first-order valence-electron chi connectivity index (χ1n) is 6.37. The summed E-state index contributed by atoms with van der Waals surface area (Å²) in [5, 5.41) is 0. The normalized spacial score (nSPS) is 19.6. The van der Waals surface area contributed by atoms with Gasteiger partial charge in [-0.1, -0.05) is 6.92 Å². The number of ether oxygens (including phenoxy) is 2. The fraction of sp³-hybridized carbons (Fsp3) is 1.00. The molecular formula is C11H24O5Si. The smallest absolute Gasteiger partial charge is 0.376 e. The Bertz CT molecular complexity index is 192. The van der Waals surface area contributed by atoms with Gasteiger partial charge >= 0.3 is 8.80 Å². The van der Waals surface area contributed by atoms with Crippen molar-refractivity contribution in [3.63, 3.8) is 0 Å². The summed E-state index contributed by atoms with van der Waals surface area (Å²) in [5.74, 6) is 0. The molecule has 0 aromatic rings. The van der Waals surface area contributed by atoms with Gasteiger partial charge in [0, 0.05) is 19.3 Å². The van der Waals surface area contributed by atoms with Crippen LogP contribution in [0.1, 0.15) is 20.8 Å². The zero-order valence-electron chi connectivity index (χ0n) is 11.1. The molecule has 1 heterocycles. The Morgan fingerprint density at radius 3 is 2.18 bits per heavy atom. The van der Waals surface area contributed by atoms with E-state index in [1.165, 1.54) is 0 Å². The van der Waals surface area contributed by atoms with Crippen LogP contribution in [0.2, 0.25) is 6.04 Å². The Morgan fingerprint density at radius 2 is 1.71 bits per heavy atom. The van der Waals surface area contributed by atoms with Crippen molar-refractivity contribution >= 4 is 8.80 Å². The van der Waals surface area contributed by atoms with E-state index in [0.717, 1.165) is 12.7 Å². The molecule has 0 aliphatic carbocycles. The molecule has 1 fully saturated rings. The standard InChI is InChI=1S/C11H24O5Si/c1-4-14-17(6-3,15-5-2)16-8-7-12-9-11-10-13-11/h11H,4-10H2,1-3H3. The van der Waals surface area contributed by atoms with Gasteiger partial charge in [0.05, 0.1) is 26.4 Å².